The second-order valence-corrected chi connectivity index (χ2v) is 5.24. The topological polar surface area (TPSA) is 57.2 Å². The Kier molecular flexibility index (Phi) is 7.67. The SMILES string of the molecule is CC=CN(C(=O)Oc1ccc(OCC(OC)OC)cc1)c1ccccc1. The number of rotatable bonds is 8. The van der Waals surface area contributed by atoms with Gasteiger partial charge in [0.15, 0.2) is 6.29 Å². The van der Waals surface area contributed by atoms with Gasteiger partial charge < -0.3 is 18.9 Å². The minimum atomic E-state index is -0.498. The Bertz CT molecular complexity index is 696. The van der Waals surface area contributed by atoms with Gasteiger partial charge in [-0.25, -0.2) is 4.79 Å². The molecule has 0 bridgehead atoms. The van der Waals surface area contributed by atoms with E-state index in [1.165, 1.54) is 4.90 Å². The van der Waals surface area contributed by atoms with Crippen molar-refractivity contribution < 1.29 is 23.7 Å². The quantitative estimate of drug-likeness (QED) is 0.662. The molecule has 0 aliphatic rings. The number of hydrogen-bond acceptors (Lipinski definition) is 5. The van der Waals surface area contributed by atoms with Gasteiger partial charge in [-0.2, -0.15) is 0 Å². The Morgan fingerprint density at radius 1 is 1.00 bits per heavy atom. The third-order valence-corrected chi connectivity index (χ3v) is 3.47. The van der Waals surface area contributed by atoms with Crippen LogP contribution in [0.5, 0.6) is 11.5 Å². The van der Waals surface area contributed by atoms with Crippen molar-refractivity contribution in [2.75, 3.05) is 25.7 Å². The summed E-state index contributed by atoms with van der Waals surface area (Å²) < 4.78 is 21.1. The van der Waals surface area contributed by atoms with E-state index in [1.54, 1.807) is 50.8 Å². The summed E-state index contributed by atoms with van der Waals surface area (Å²) in [4.78, 5) is 13.9. The number of benzene rings is 2. The van der Waals surface area contributed by atoms with Crippen molar-refractivity contribution >= 4 is 11.8 Å². The summed E-state index contributed by atoms with van der Waals surface area (Å²) in [5, 5.41) is 0. The molecule has 0 heterocycles. The van der Waals surface area contributed by atoms with Crippen LogP contribution in [-0.4, -0.2) is 33.2 Å². The zero-order valence-corrected chi connectivity index (χ0v) is 15.1. The van der Waals surface area contributed by atoms with Crippen LogP contribution in [0.3, 0.4) is 0 Å². The minimum absolute atomic E-state index is 0.259. The maximum atomic E-state index is 12.5. The summed E-state index contributed by atoms with van der Waals surface area (Å²) >= 11 is 0. The molecule has 0 radical (unpaired) electrons. The van der Waals surface area contributed by atoms with Crippen LogP contribution < -0.4 is 14.4 Å². The normalized spacial score (nSPS) is 10.9. The van der Waals surface area contributed by atoms with Crippen molar-refractivity contribution in [1.29, 1.82) is 0 Å². The first-order valence-electron chi connectivity index (χ1n) is 8.15. The Hall–Kier alpha value is -2.83. The maximum absolute atomic E-state index is 12.5. The van der Waals surface area contributed by atoms with Gasteiger partial charge in [-0.15, -0.1) is 0 Å². The molecular weight excluding hydrogens is 334 g/mol. The Morgan fingerprint density at radius 3 is 2.19 bits per heavy atom. The van der Waals surface area contributed by atoms with E-state index in [9.17, 15) is 4.79 Å². The summed E-state index contributed by atoms with van der Waals surface area (Å²) in [7, 11) is 3.09. The molecule has 0 aliphatic heterocycles. The fourth-order valence-electron chi connectivity index (χ4n) is 2.14. The highest BCUT2D eigenvalue weighted by molar-refractivity contribution is 5.91. The lowest BCUT2D eigenvalue weighted by Gasteiger charge is -2.18. The van der Waals surface area contributed by atoms with Crippen molar-refractivity contribution in [3.63, 3.8) is 0 Å². The van der Waals surface area contributed by atoms with Gasteiger partial charge in [-0.1, -0.05) is 24.3 Å². The van der Waals surface area contributed by atoms with E-state index in [-0.39, 0.29) is 6.61 Å². The highest BCUT2D eigenvalue weighted by Crippen LogP contribution is 2.21. The van der Waals surface area contributed by atoms with Crippen LogP contribution in [0.15, 0.2) is 66.9 Å². The van der Waals surface area contributed by atoms with Gasteiger partial charge in [0.1, 0.15) is 18.1 Å². The largest absolute Gasteiger partial charge is 0.488 e. The number of hydrogen-bond donors (Lipinski definition) is 0. The average molecular weight is 357 g/mol. The Labute approximate surface area is 153 Å². The number of para-hydroxylation sites is 1. The van der Waals surface area contributed by atoms with E-state index in [4.69, 9.17) is 18.9 Å². The van der Waals surface area contributed by atoms with Gasteiger partial charge in [-0.05, 0) is 43.3 Å². The summed E-state index contributed by atoms with van der Waals surface area (Å²) in [6.45, 7) is 2.10. The monoisotopic (exact) mass is 357 g/mol. The Morgan fingerprint density at radius 2 is 1.62 bits per heavy atom. The van der Waals surface area contributed by atoms with Gasteiger partial charge >= 0.3 is 6.09 Å². The fraction of sp³-hybridized carbons (Fsp3) is 0.250. The average Bonchev–Trinajstić information content (AvgIpc) is 2.68. The highest BCUT2D eigenvalue weighted by atomic mass is 16.7. The van der Waals surface area contributed by atoms with Gasteiger partial charge in [0.05, 0.1) is 5.69 Å². The molecule has 0 spiro atoms. The molecule has 2 aromatic carbocycles. The zero-order chi connectivity index (χ0) is 18.8. The van der Waals surface area contributed by atoms with Crippen molar-refractivity contribution in [3.05, 3.63) is 66.9 Å². The maximum Gasteiger partial charge on any atom is 0.423 e. The first-order valence-corrected chi connectivity index (χ1v) is 8.15. The van der Waals surface area contributed by atoms with Gasteiger partial charge in [0, 0.05) is 20.4 Å². The molecule has 0 unspecified atom stereocenters. The molecule has 138 valence electrons. The molecule has 0 atom stereocenters. The predicted octanol–water partition coefficient (Wildman–Crippen LogP) is 4.22. The third kappa shape index (κ3) is 5.61. The van der Waals surface area contributed by atoms with Crippen LogP contribution >= 0.6 is 0 Å². The van der Waals surface area contributed by atoms with Crippen molar-refractivity contribution in [2.45, 2.75) is 13.2 Å². The van der Waals surface area contributed by atoms with Crippen LogP contribution in [0.2, 0.25) is 0 Å². The molecule has 1 amide bonds. The Balaban J connectivity index is 1.99. The molecule has 0 saturated heterocycles. The summed E-state index contributed by atoms with van der Waals surface area (Å²) in [5.41, 5.74) is 0.723. The molecular formula is C20H23NO5. The third-order valence-electron chi connectivity index (χ3n) is 3.47. The number of methoxy groups -OCH3 is 2. The summed E-state index contributed by atoms with van der Waals surface area (Å²) in [6.07, 6.45) is 2.49. The number of nitrogens with zero attached hydrogens (tertiary/aromatic N) is 1. The number of allylic oxidation sites excluding steroid dienone is 1. The van der Waals surface area contributed by atoms with E-state index in [0.29, 0.717) is 11.5 Å². The standard InChI is InChI=1S/C20H23NO5/c1-4-14-21(16-8-6-5-7-9-16)20(22)26-18-12-10-17(11-13-18)25-15-19(23-2)24-3/h4-14,19H,15H2,1-3H3. The number of ether oxygens (including phenoxy) is 4. The van der Waals surface area contributed by atoms with Gasteiger partial charge in [-0.3, -0.25) is 4.90 Å². The first kappa shape index (κ1) is 19.5. The minimum Gasteiger partial charge on any atom is -0.488 e. The van der Waals surface area contributed by atoms with E-state index < -0.39 is 12.4 Å². The summed E-state index contributed by atoms with van der Waals surface area (Å²) in [6, 6.07) is 16.0. The molecule has 2 rings (SSSR count). The van der Waals surface area contributed by atoms with Crippen LogP contribution in [0.1, 0.15) is 6.92 Å². The molecule has 0 aromatic heterocycles. The predicted molar refractivity (Wildman–Crippen MR) is 99.5 cm³/mol. The highest BCUT2D eigenvalue weighted by Gasteiger charge is 2.15. The van der Waals surface area contributed by atoms with E-state index in [1.807, 2.05) is 37.3 Å². The molecule has 0 saturated carbocycles. The first-order chi connectivity index (χ1) is 12.7. The van der Waals surface area contributed by atoms with Crippen LogP contribution in [-0.2, 0) is 9.47 Å². The lowest BCUT2D eigenvalue weighted by Crippen LogP contribution is -2.28. The van der Waals surface area contributed by atoms with E-state index in [2.05, 4.69) is 0 Å². The number of amides is 1. The number of carbonyl (C=O) groups excluding carboxylic acids is 1. The molecule has 6 nitrogen and oxygen atoms in total. The molecule has 2 aromatic rings. The van der Waals surface area contributed by atoms with Gasteiger partial charge in [0.2, 0.25) is 0 Å². The van der Waals surface area contributed by atoms with E-state index >= 15 is 0 Å². The van der Waals surface area contributed by atoms with Crippen molar-refractivity contribution in [1.82, 2.24) is 0 Å². The second kappa shape index (κ2) is 10.2. The van der Waals surface area contributed by atoms with Crippen molar-refractivity contribution in [3.8, 4) is 11.5 Å². The van der Waals surface area contributed by atoms with Crippen molar-refractivity contribution in [2.24, 2.45) is 0 Å². The number of anilines is 1. The van der Waals surface area contributed by atoms with Crippen LogP contribution in [0.4, 0.5) is 10.5 Å². The van der Waals surface area contributed by atoms with Gasteiger partial charge in [0.25, 0.3) is 0 Å². The second-order valence-electron chi connectivity index (χ2n) is 5.24. The zero-order valence-electron chi connectivity index (χ0n) is 15.1. The molecule has 6 heteroatoms. The van der Waals surface area contributed by atoms with E-state index in [0.717, 1.165) is 5.69 Å². The number of carbonyl (C=O) groups is 1. The lowest BCUT2D eigenvalue weighted by molar-refractivity contribution is -0.121. The molecule has 0 N–H and O–H groups in total. The molecule has 0 fully saturated rings. The lowest BCUT2D eigenvalue weighted by atomic mass is 10.3. The molecule has 26 heavy (non-hydrogen) atoms. The molecule has 0 aliphatic carbocycles. The summed E-state index contributed by atoms with van der Waals surface area (Å²) in [5.74, 6) is 1.04. The fourth-order valence-corrected chi connectivity index (χ4v) is 2.14. The van der Waals surface area contributed by atoms with Crippen LogP contribution in [0, 0.1) is 0 Å². The smallest absolute Gasteiger partial charge is 0.423 e. The van der Waals surface area contributed by atoms with Crippen LogP contribution in [0.25, 0.3) is 0 Å².